The van der Waals surface area contributed by atoms with Crippen molar-refractivity contribution in [1.82, 2.24) is 0 Å². The summed E-state index contributed by atoms with van der Waals surface area (Å²) >= 11 is 0. The Balaban J connectivity index is 1.69. The van der Waals surface area contributed by atoms with E-state index in [-0.39, 0.29) is 44.9 Å². The van der Waals surface area contributed by atoms with Gasteiger partial charge in [0.2, 0.25) is 0 Å². The second-order valence-electron chi connectivity index (χ2n) is 14.9. The minimum absolute atomic E-state index is 0.0363. The quantitative estimate of drug-likeness (QED) is 0.382. The van der Waals surface area contributed by atoms with Crippen LogP contribution in [0.5, 0.6) is 0 Å². The van der Waals surface area contributed by atoms with E-state index in [9.17, 15) is 14.9 Å². The molecule has 3 nitrogen and oxygen atoms in total. The van der Waals surface area contributed by atoms with Crippen LogP contribution in [0.4, 0.5) is 0 Å². The van der Waals surface area contributed by atoms with Crippen LogP contribution >= 0.6 is 0 Å². The van der Waals surface area contributed by atoms with Crippen molar-refractivity contribution in [2.24, 2.45) is 50.2 Å². The lowest BCUT2D eigenvalue weighted by atomic mass is 9.34. The normalized spacial score (nSPS) is 48.9. The molecule has 7 atom stereocenters. The first-order chi connectivity index (χ1) is 15.6. The molecule has 5 aliphatic carbocycles. The fraction of sp³-hybridized carbons (Fsp3) is 0.774. The second kappa shape index (κ2) is 6.74. The predicted molar refractivity (Wildman–Crippen MR) is 135 cm³/mol. The van der Waals surface area contributed by atoms with Crippen molar-refractivity contribution in [2.75, 3.05) is 0 Å². The van der Waals surface area contributed by atoms with Gasteiger partial charge in [0.25, 0.3) is 0 Å². The van der Waals surface area contributed by atoms with Gasteiger partial charge < -0.3 is 0 Å². The first kappa shape index (κ1) is 24.0. The van der Waals surface area contributed by atoms with Crippen molar-refractivity contribution in [3.8, 4) is 6.07 Å². The summed E-state index contributed by atoms with van der Waals surface area (Å²) in [7, 11) is 0. The number of nitrogens with zero attached hydrogens (tertiary/aromatic N) is 1. The highest BCUT2D eigenvalue weighted by Gasteiger charge is 2.69. The van der Waals surface area contributed by atoms with Crippen LogP contribution in [-0.4, -0.2) is 11.6 Å². The van der Waals surface area contributed by atoms with Crippen LogP contribution in [0.1, 0.15) is 100 Å². The Kier molecular flexibility index (Phi) is 4.77. The van der Waals surface area contributed by atoms with Gasteiger partial charge in [-0.1, -0.05) is 67.0 Å². The second-order valence-corrected chi connectivity index (χ2v) is 14.9. The maximum Gasteiger partial charge on any atom is 0.178 e. The standard InChI is InChI=1S/C31H43NO2/c1-26(2)11-12-28(5)13-14-31(8)24(20(28)17-26)21(33)15-23-29(6)16-19(18-32)25(34)27(3,4)22(29)9-10-30(23,31)7/h15-16,20,22,24H,9-14,17H2,1-8H3/t20?,22-,24?,28+,29-,30+,31+/m0/s1. The number of nitriles is 1. The molecule has 34 heavy (non-hydrogen) atoms. The predicted octanol–water partition coefficient (Wildman–Crippen LogP) is 7.23. The molecule has 0 aromatic heterocycles. The van der Waals surface area contributed by atoms with E-state index >= 15 is 0 Å². The molecule has 5 rings (SSSR count). The Bertz CT molecular complexity index is 1090. The number of ketones is 2. The smallest absolute Gasteiger partial charge is 0.178 e. The van der Waals surface area contributed by atoms with E-state index in [0.717, 1.165) is 25.7 Å². The Hall–Kier alpha value is -1.69. The van der Waals surface area contributed by atoms with Gasteiger partial charge in [-0.15, -0.1) is 0 Å². The molecule has 3 fully saturated rings. The van der Waals surface area contributed by atoms with Crippen molar-refractivity contribution in [3.63, 3.8) is 0 Å². The van der Waals surface area contributed by atoms with Crippen molar-refractivity contribution in [3.05, 3.63) is 23.3 Å². The van der Waals surface area contributed by atoms with Crippen LogP contribution in [0, 0.1) is 61.6 Å². The van der Waals surface area contributed by atoms with Gasteiger partial charge in [0, 0.05) is 16.7 Å². The van der Waals surface area contributed by atoms with E-state index in [2.05, 4.69) is 47.6 Å². The molecule has 0 spiro atoms. The summed E-state index contributed by atoms with van der Waals surface area (Å²) in [5, 5.41) is 9.83. The number of hydrogen-bond donors (Lipinski definition) is 0. The zero-order valence-electron chi connectivity index (χ0n) is 22.6. The van der Waals surface area contributed by atoms with E-state index in [1.54, 1.807) is 0 Å². The van der Waals surface area contributed by atoms with Gasteiger partial charge in [-0.3, -0.25) is 9.59 Å². The number of allylic oxidation sites excluding steroid dienone is 4. The van der Waals surface area contributed by atoms with Crippen molar-refractivity contribution in [1.29, 1.82) is 5.26 Å². The fourth-order valence-corrected chi connectivity index (χ4v) is 9.89. The molecule has 3 heteroatoms. The Labute approximate surface area is 206 Å². The SMILES string of the molecule is CC1(C)CC[C@]2(C)CC[C@]3(C)C(C(=O)C=C4[C@@]5(C)C=C(C#N)C(=O)C(C)(C)[C@@H]5CC[C@]43C)C2C1. The van der Waals surface area contributed by atoms with Crippen molar-refractivity contribution < 1.29 is 9.59 Å². The third kappa shape index (κ3) is 2.75. The number of Topliss-reactive ketones (excluding diaryl/α,β-unsaturated/α-hetero) is 1. The molecule has 0 aliphatic heterocycles. The zero-order valence-corrected chi connectivity index (χ0v) is 22.6. The number of hydrogen-bond acceptors (Lipinski definition) is 3. The van der Waals surface area contributed by atoms with E-state index in [0.29, 0.717) is 11.7 Å². The maximum atomic E-state index is 14.2. The summed E-state index contributed by atoms with van der Waals surface area (Å²) in [6.07, 6.45) is 11.8. The van der Waals surface area contributed by atoms with Gasteiger partial charge in [-0.05, 0) is 84.5 Å². The van der Waals surface area contributed by atoms with Gasteiger partial charge in [-0.25, -0.2) is 0 Å². The molecule has 0 radical (unpaired) electrons. The van der Waals surface area contributed by atoms with Gasteiger partial charge in [0.05, 0.1) is 5.57 Å². The number of fused-ring (bicyclic) bond motifs is 7. The number of carbonyl (C=O) groups is 2. The van der Waals surface area contributed by atoms with Gasteiger partial charge in [0.1, 0.15) is 6.07 Å². The Morgan fingerprint density at radius 1 is 0.912 bits per heavy atom. The summed E-state index contributed by atoms with van der Waals surface area (Å²) in [5.74, 6) is 0.881. The van der Waals surface area contributed by atoms with Crippen LogP contribution in [-0.2, 0) is 9.59 Å². The summed E-state index contributed by atoms with van der Waals surface area (Å²) in [6, 6.07) is 2.20. The molecule has 0 N–H and O–H groups in total. The van der Waals surface area contributed by atoms with Gasteiger partial charge >= 0.3 is 0 Å². The molecule has 0 heterocycles. The molecule has 0 amide bonds. The Morgan fingerprint density at radius 3 is 2.21 bits per heavy atom. The van der Waals surface area contributed by atoms with Crippen LogP contribution in [0.2, 0.25) is 0 Å². The summed E-state index contributed by atoms with van der Waals surface area (Å²) < 4.78 is 0. The lowest BCUT2D eigenvalue weighted by molar-refractivity contribution is -0.168. The highest BCUT2D eigenvalue weighted by atomic mass is 16.1. The van der Waals surface area contributed by atoms with E-state index in [1.807, 2.05) is 26.0 Å². The van der Waals surface area contributed by atoms with Crippen LogP contribution in [0.25, 0.3) is 0 Å². The lowest BCUT2D eigenvalue weighted by Gasteiger charge is -2.69. The molecule has 0 bridgehead atoms. The summed E-state index contributed by atoms with van der Waals surface area (Å²) in [6.45, 7) is 18.3. The minimum atomic E-state index is -0.601. The number of carbonyl (C=O) groups excluding carboxylic acids is 2. The van der Waals surface area contributed by atoms with Crippen LogP contribution in [0.15, 0.2) is 23.3 Å². The first-order valence-electron chi connectivity index (χ1n) is 13.5. The van der Waals surface area contributed by atoms with E-state index in [1.165, 1.54) is 24.8 Å². The highest BCUT2D eigenvalue weighted by Crippen LogP contribution is 2.74. The maximum absolute atomic E-state index is 14.2. The van der Waals surface area contributed by atoms with E-state index < -0.39 is 10.8 Å². The van der Waals surface area contributed by atoms with E-state index in [4.69, 9.17) is 0 Å². The topological polar surface area (TPSA) is 57.9 Å². The molecule has 3 saturated carbocycles. The molecule has 2 unspecified atom stereocenters. The van der Waals surface area contributed by atoms with Crippen molar-refractivity contribution in [2.45, 2.75) is 100 Å². The average Bonchev–Trinajstić information content (AvgIpc) is 2.74. The fourth-order valence-electron chi connectivity index (χ4n) is 9.89. The summed E-state index contributed by atoms with van der Waals surface area (Å²) in [4.78, 5) is 27.4. The summed E-state index contributed by atoms with van der Waals surface area (Å²) in [5.41, 5.74) is 0.785. The molecule has 0 aromatic carbocycles. The lowest BCUT2D eigenvalue weighted by Crippen LogP contribution is -2.64. The van der Waals surface area contributed by atoms with Crippen LogP contribution < -0.4 is 0 Å². The van der Waals surface area contributed by atoms with Gasteiger partial charge in [-0.2, -0.15) is 5.26 Å². The monoisotopic (exact) mass is 461 g/mol. The highest BCUT2D eigenvalue weighted by molar-refractivity contribution is 6.04. The third-order valence-electron chi connectivity index (χ3n) is 12.3. The molecule has 0 saturated heterocycles. The largest absolute Gasteiger partial charge is 0.295 e. The van der Waals surface area contributed by atoms with Crippen molar-refractivity contribution >= 4 is 11.6 Å². The van der Waals surface area contributed by atoms with Gasteiger partial charge in [0.15, 0.2) is 11.6 Å². The molecule has 5 aliphatic rings. The molecular formula is C31H43NO2. The first-order valence-corrected chi connectivity index (χ1v) is 13.5. The number of rotatable bonds is 0. The van der Waals surface area contributed by atoms with Crippen LogP contribution in [0.3, 0.4) is 0 Å². The Morgan fingerprint density at radius 2 is 1.56 bits per heavy atom. The average molecular weight is 462 g/mol. The molecule has 184 valence electrons. The minimum Gasteiger partial charge on any atom is -0.295 e. The third-order valence-corrected chi connectivity index (χ3v) is 12.3. The zero-order chi connectivity index (χ0) is 25.1. The molecular weight excluding hydrogens is 418 g/mol. The molecule has 0 aromatic rings.